The lowest BCUT2D eigenvalue weighted by Crippen LogP contribution is -2.00. The molecule has 0 heterocycles. The van der Waals surface area contributed by atoms with E-state index in [1.807, 2.05) is 12.1 Å². The van der Waals surface area contributed by atoms with E-state index < -0.39 is 0 Å². The maximum atomic E-state index is 5.91. The number of hydrogen-bond acceptors (Lipinski definition) is 1. The average molecular weight is 303 g/mol. The van der Waals surface area contributed by atoms with Gasteiger partial charge in [-0.2, -0.15) is 0 Å². The van der Waals surface area contributed by atoms with E-state index in [1.54, 1.807) is 0 Å². The van der Waals surface area contributed by atoms with Gasteiger partial charge in [0.25, 0.3) is 0 Å². The van der Waals surface area contributed by atoms with Crippen molar-refractivity contribution in [1.29, 1.82) is 0 Å². The monoisotopic (exact) mass is 302 g/mol. The van der Waals surface area contributed by atoms with Crippen LogP contribution in [-0.2, 0) is 6.42 Å². The van der Waals surface area contributed by atoms with Crippen LogP contribution < -0.4 is 4.74 Å². The number of benzene rings is 1. The first kappa shape index (κ1) is 18.8. The minimum Gasteiger partial charge on any atom is -0.493 e. The summed E-state index contributed by atoms with van der Waals surface area (Å²) in [5, 5.41) is 0. The molecule has 1 heteroatoms. The van der Waals surface area contributed by atoms with Crippen molar-refractivity contribution in [3.63, 3.8) is 0 Å². The first-order valence-corrected chi connectivity index (χ1v) is 9.20. The van der Waals surface area contributed by atoms with Crippen LogP contribution in [0.1, 0.15) is 76.7 Å². The van der Waals surface area contributed by atoms with Crippen LogP contribution >= 0.6 is 0 Å². The summed E-state index contributed by atoms with van der Waals surface area (Å²) < 4.78 is 5.91. The molecule has 0 bridgehead atoms. The van der Waals surface area contributed by atoms with Gasteiger partial charge in [0.2, 0.25) is 0 Å². The number of hydrogen-bond donors (Lipinski definition) is 0. The summed E-state index contributed by atoms with van der Waals surface area (Å²) in [7, 11) is 0. The van der Waals surface area contributed by atoms with Crippen molar-refractivity contribution in [2.24, 2.45) is 0 Å². The van der Waals surface area contributed by atoms with Crippen LogP contribution in [0.4, 0.5) is 0 Å². The highest BCUT2D eigenvalue weighted by Gasteiger charge is 2.00. The molecule has 0 N–H and O–H groups in total. The lowest BCUT2D eigenvalue weighted by atomic mass is 10.1. The van der Waals surface area contributed by atoms with E-state index in [9.17, 15) is 0 Å². The Morgan fingerprint density at radius 3 is 2.09 bits per heavy atom. The Morgan fingerprint density at radius 1 is 0.864 bits per heavy atom. The van der Waals surface area contributed by atoms with Crippen LogP contribution in [0.2, 0.25) is 0 Å². The number of allylic oxidation sites excluding steroid dienone is 1. The summed E-state index contributed by atoms with van der Waals surface area (Å²) in [5.74, 6) is 1.03. The van der Waals surface area contributed by atoms with Crippen molar-refractivity contribution in [3.05, 3.63) is 42.5 Å². The van der Waals surface area contributed by atoms with E-state index in [-0.39, 0.29) is 0 Å². The zero-order valence-electron chi connectivity index (χ0n) is 14.5. The second-order valence-electron chi connectivity index (χ2n) is 6.13. The van der Waals surface area contributed by atoms with Gasteiger partial charge in [-0.05, 0) is 24.5 Å². The van der Waals surface area contributed by atoms with Gasteiger partial charge < -0.3 is 4.74 Å². The zero-order chi connectivity index (χ0) is 15.9. The first-order chi connectivity index (χ1) is 10.9. The van der Waals surface area contributed by atoms with E-state index in [1.165, 1.54) is 63.4 Å². The molecule has 0 fully saturated rings. The molecular weight excluding hydrogens is 268 g/mol. The molecule has 0 unspecified atom stereocenters. The predicted molar refractivity (Wildman–Crippen MR) is 97.7 cm³/mol. The molecule has 124 valence electrons. The molecule has 0 amide bonds. The third kappa shape index (κ3) is 8.92. The van der Waals surface area contributed by atoms with Gasteiger partial charge in [0.05, 0.1) is 6.61 Å². The van der Waals surface area contributed by atoms with Crippen molar-refractivity contribution in [2.45, 2.75) is 77.6 Å². The smallest absolute Gasteiger partial charge is 0.122 e. The minimum absolute atomic E-state index is 0.838. The molecular formula is C21H34O. The van der Waals surface area contributed by atoms with Crippen LogP contribution in [0.25, 0.3) is 0 Å². The highest BCUT2D eigenvalue weighted by Crippen LogP contribution is 2.19. The fourth-order valence-electron chi connectivity index (χ4n) is 2.74. The van der Waals surface area contributed by atoms with Gasteiger partial charge in [-0.15, -0.1) is 6.58 Å². The van der Waals surface area contributed by atoms with Gasteiger partial charge in [-0.25, -0.2) is 0 Å². The van der Waals surface area contributed by atoms with E-state index in [2.05, 4.69) is 31.7 Å². The highest BCUT2D eigenvalue weighted by molar-refractivity contribution is 5.34. The van der Waals surface area contributed by atoms with E-state index in [0.29, 0.717) is 0 Å². The topological polar surface area (TPSA) is 9.23 Å². The van der Waals surface area contributed by atoms with Crippen molar-refractivity contribution < 1.29 is 4.74 Å². The Kier molecular flexibility index (Phi) is 11.5. The highest BCUT2D eigenvalue weighted by atomic mass is 16.5. The van der Waals surface area contributed by atoms with Crippen LogP contribution in [0.5, 0.6) is 5.75 Å². The van der Waals surface area contributed by atoms with Crippen LogP contribution in [-0.4, -0.2) is 6.61 Å². The first-order valence-electron chi connectivity index (χ1n) is 9.20. The van der Waals surface area contributed by atoms with Gasteiger partial charge in [0, 0.05) is 0 Å². The SMILES string of the molecule is C=CCc1ccccc1OCCCCCCCCCCCC. The van der Waals surface area contributed by atoms with E-state index >= 15 is 0 Å². The standard InChI is InChI=1S/C21H34O/c1-3-5-6-7-8-9-10-11-12-15-19-22-21-18-14-13-17-20(21)16-4-2/h4,13-14,17-18H,2-3,5-12,15-16,19H2,1H3. The fraction of sp³-hybridized carbons (Fsp3) is 0.619. The molecule has 0 aliphatic carbocycles. The summed E-state index contributed by atoms with van der Waals surface area (Å²) in [6.45, 7) is 6.92. The molecule has 1 rings (SSSR count). The molecule has 0 radical (unpaired) electrons. The second-order valence-corrected chi connectivity index (χ2v) is 6.13. The number of unbranched alkanes of at least 4 members (excludes halogenated alkanes) is 9. The molecule has 1 aromatic carbocycles. The van der Waals surface area contributed by atoms with Gasteiger partial charge >= 0.3 is 0 Å². The third-order valence-corrected chi connectivity index (χ3v) is 4.09. The maximum absolute atomic E-state index is 5.91. The molecule has 0 atom stereocenters. The van der Waals surface area contributed by atoms with Gasteiger partial charge in [0.1, 0.15) is 5.75 Å². The van der Waals surface area contributed by atoms with Crippen molar-refractivity contribution in [3.8, 4) is 5.75 Å². The Labute approximate surface area is 137 Å². The molecule has 0 spiro atoms. The molecule has 0 saturated heterocycles. The Morgan fingerprint density at radius 2 is 1.45 bits per heavy atom. The maximum Gasteiger partial charge on any atom is 0.122 e. The number of ether oxygens (including phenoxy) is 1. The van der Waals surface area contributed by atoms with Crippen LogP contribution in [0, 0.1) is 0 Å². The summed E-state index contributed by atoms with van der Waals surface area (Å²) in [6, 6.07) is 8.29. The van der Waals surface area contributed by atoms with Gasteiger partial charge in [0.15, 0.2) is 0 Å². The molecule has 1 aromatic rings. The molecule has 0 aliphatic heterocycles. The third-order valence-electron chi connectivity index (χ3n) is 4.09. The summed E-state index contributed by atoms with van der Waals surface area (Å²) in [6.07, 6.45) is 16.4. The van der Waals surface area contributed by atoms with E-state index in [4.69, 9.17) is 4.74 Å². The fourth-order valence-corrected chi connectivity index (χ4v) is 2.74. The normalized spacial score (nSPS) is 10.6. The van der Waals surface area contributed by atoms with Gasteiger partial charge in [-0.3, -0.25) is 0 Å². The number of rotatable bonds is 14. The molecule has 0 aromatic heterocycles. The Bertz CT molecular complexity index is 383. The van der Waals surface area contributed by atoms with Crippen LogP contribution in [0.15, 0.2) is 36.9 Å². The lowest BCUT2D eigenvalue weighted by Gasteiger charge is -2.10. The molecule has 0 saturated carbocycles. The quantitative estimate of drug-likeness (QED) is 0.274. The van der Waals surface area contributed by atoms with Crippen LogP contribution in [0.3, 0.4) is 0 Å². The lowest BCUT2D eigenvalue weighted by molar-refractivity contribution is 0.302. The zero-order valence-corrected chi connectivity index (χ0v) is 14.5. The van der Waals surface area contributed by atoms with Crippen molar-refractivity contribution in [2.75, 3.05) is 6.61 Å². The Hall–Kier alpha value is -1.24. The number of para-hydroxylation sites is 1. The molecule has 22 heavy (non-hydrogen) atoms. The van der Waals surface area contributed by atoms with E-state index in [0.717, 1.165) is 25.2 Å². The largest absolute Gasteiger partial charge is 0.493 e. The summed E-state index contributed by atoms with van der Waals surface area (Å²) >= 11 is 0. The average Bonchev–Trinajstić information content (AvgIpc) is 2.54. The Balaban J connectivity index is 1.98. The second kappa shape index (κ2) is 13.4. The summed E-state index contributed by atoms with van der Waals surface area (Å²) in [4.78, 5) is 0. The predicted octanol–water partition coefficient (Wildman–Crippen LogP) is 6.71. The molecule has 0 aliphatic rings. The van der Waals surface area contributed by atoms with Crippen molar-refractivity contribution in [1.82, 2.24) is 0 Å². The minimum atomic E-state index is 0.838. The molecule has 1 nitrogen and oxygen atoms in total. The summed E-state index contributed by atoms with van der Waals surface area (Å²) in [5.41, 5.74) is 1.24. The van der Waals surface area contributed by atoms with Gasteiger partial charge in [-0.1, -0.05) is 89.0 Å². The van der Waals surface area contributed by atoms with Crippen molar-refractivity contribution >= 4 is 0 Å².